The van der Waals surface area contributed by atoms with E-state index < -0.39 is 0 Å². The average Bonchev–Trinajstić information content (AvgIpc) is 3.20. The van der Waals surface area contributed by atoms with Crippen molar-refractivity contribution in [1.29, 1.82) is 0 Å². The maximum atomic E-state index is 4.62. The Kier molecular flexibility index (Phi) is 4.51. The maximum absolute atomic E-state index is 4.62. The lowest BCUT2D eigenvalue weighted by atomic mass is 10.0. The van der Waals surface area contributed by atoms with Crippen LogP contribution in [0.2, 0.25) is 0 Å². The zero-order valence-corrected chi connectivity index (χ0v) is 16.3. The minimum atomic E-state index is 0.758. The lowest BCUT2D eigenvalue weighted by Gasteiger charge is -2.02. The molecule has 2 aromatic carbocycles. The fourth-order valence-corrected chi connectivity index (χ4v) is 3.32. The third-order valence-corrected chi connectivity index (χ3v) is 4.78. The van der Waals surface area contributed by atoms with Crippen molar-refractivity contribution in [3.8, 4) is 34.4 Å². The average molecular weight is 387 g/mol. The molecule has 0 fully saturated rings. The topological polar surface area (TPSA) is 56.5 Å². The second kappa shape index (κ2) is 7.61. The fourth-order valence-electron chi connectivity index (χ4n) is 3.32. The second-order valence-corrected chi connectivity index (χ2v) is 6.88. The van der Waals surface area contributed by atoms with Gasteiger partial charge in [0.05, 0.1) is 11.2 Å². The Bertz CT molecular complexity index is 1390. The summed E-state index contributed by atoms with van der Waals surface area (Å²) in [6.45, 7) is 0. The Morgan fingerprint density at radius 1 is 0.867 bits per heavy atom. The van der Waals surface area contributed by atoms with E-state index in [0.29, 0.717) is 0 Å². The summed E-state index contributed by atoms with van der Waals surface area (Å²) < 4.78 is 1.80. The lowest BCUT2D eigenvalue weighted by Crippen LogP contribution is -1.88. The lowest BCUT2D eigenvalue weighted by molar-refractivity contribution is 0.771. The highest BCUT2D eigenvalue weighted by Crippen LogP contribution is 2.29. The Hall–Kier alpha value is -4.30. The maximum Gasteiger partial charge on any atom is 0.116 e. The van der Waals surface area contributed by atoms with Gasteiger partial charge >= 0.3 is 0 Å². The SMILES string of the molecule is Cn1cc(-c2ccncn2)c(-c2ccc(C#Cc3ccc4ccccc4n3)cc2)n1. The van der Waals surface area contributed by atoms with Gasteiger partial charge in [-0.1, -0.05) is 42.3 Å². The van der Waals surface area contributed by atoms with Crippen LogP contribution in [-0.2, 0) is 7.05 Å². The first-order valence-corrected chi connectivity index (χ1v) is 9.54. The highest BCUT2D eigenvalue weighted by Gasteiger charge is 2.13. The molecule has 0 spiro atoms. The summed E-state index contributed by atoms with van der Waals surface area (Å²) in [5.74, 6) is 6.35. The molecule has 30 heavy (non-hydrogen) atoms. The van der Waals surface area contributed by atoms with Crippen molar-refractivity contribution in [2.75, 3.05) is 0 Å². The fraction of sp³-hybridized carbons (Fsp3) is 0.0400. The van der Waals surface area contributed by atoms with E-state index in [-0.39, 0.29) is 0 Å². The van der Waals surface area contributed by atoms with E-state index in [0.717, 1.165) is 44.7 Å². The van der Waals surface area contributed by atoms with Crippen LogP contribution in [0.3, 0.4) is 0 Å². The predicted octanol–water partition coefficient (Wildman–Crippen LogP) is 4.49. The molecular formula is C25H17N5. The second-order valence-electron chi connectivity index (χ2n) is 6.88. The van der Waals surface area contributed by atoms with Crippen LogP contribution in [0.1, 0.15) is 11.3 Å². The number of aromatic nitrogens is 5. The highest BCUT2D eigenvalue weighted by atomic mass is 15.3. The number of pyridine rings is 1. The molecule has 0 atom stereocenters. The largest absolute Gasteiger partial charge is 0.274 e. The molecule has 0 saturated heterocycles. The standard InChI is InChI=1S/C25H17N5/c1-30-16-22(24-14-15-26-17-27-24)25(29-30)20-9-6-18(7-10-20)8-12-21-13-11-19-4-2-3-5-23(19)28-21/h2-7,9-11,13-17H,1H3. The van der Waals surface area contributed by atoms with Crippen LogP contribution in [0.4, 0.5) is 0 Å². The van der Waals surface area contributed by atoms with Gasteiger partial charge in [0.25, 0.3) is 0 Å². The van der Waals surface area contributed by atoms with E-state index in [4.69, 9.17) is 0 Å². The smallest absolute Gasteiger partial charge is 0.116 e. The molecule has 0 N–H and O–H groups in total. The van der Waals surface area contributed by atoms with Gasteiger partial charge in [-0.15, -0.1) is 0 Å². The molecule has 0 aliphatic heterocycles. The Morgan fingerprint density at radius 2 is 1.73 bits per heavy atom. The third kappa shape index (κ3) is 3.54. The molecule has 0 saturated carbocycles. The Balaban J connectivity index is 1.44. The van der Waals surface area contributed by atoms with Crippen molar-refractivity contribution in [1.82, 2.24) is 24.7 Å². The molecule has 0 aliphatic rings. The van der Waals surface area contributed by atoms with Crippen LogP contribution < -0.4 is 0 Å². The Labute approximate surface area is 174 Å². The molecule has 0 aliphatic carbocycles. The first-order chi connectivity index (χ1) is 14.8. The van der Waals surface area contributed by atoms with Gasteiger partial charge in [0, 0.05) is 41.5 Å². The Morgan fingerprint density at radius 3 is 2.57 bits per heavy atom. The van der Waals surface area contributed by atoms with Gasteiger partial charge in [-0.2, -0.15) is 5.10 Å². The van der Waals surface area contributed by atoms with E-state index in [2.05, 4.69) is 31.9 Å². The summed E-state index contributed by atoms with van der Waals surface area (Å²) in [5, 5.41) is 5.73. The minimum Gasteiger partial charge on any atom is -0.274 e. The molecule has 3 aromatic heterocycles. The van der Waals surface area contributed by atoms with Crippen molar-refractivity contribution < 1.29 is 0 Å². The van der Waals surface area contributed by atoms with E-state index in [1.54, 1.807) is 17.2 Å². The van der Waals surface area contributed by atoms with Gasteiger partial charge in [-0.3, -0.25) is 4.68 Å². The van der Waals surface area contributed by atoms with Crippen molar-refractivity contribution >= 4 is 10.9 Å². The highest BCUT2D eigenvalue weighted by molar-refractivity contribution is 5.79. The number of hydrogen-bond acceptors (Lipinski definition) is 4. The number of rotatable bonds is 2. The van der Waals surface area contributed by atoms with Gasteiger partial charge in [0.1, 0.15) is 17.7 Å². The summed E-state index contributed by atoms with van der Waals surface area (Å²) in [7, 11) is 1.91. The molecule has 5 nitrogen and oxygen atoms in total. The van der Waals surface area contributed by atoms with Crippen molar-refractivity contribution in [2.24, 2.45) is 7.05 Å². The normalized spacial score (nSPS) is 10.6. The number of para-hydroxylation sites is 1. The van der Waals surface area contributed by atoms with Crippen LogP contribution in [0.5, 0.6) is 0 Å². The number of aryl methyl sites for hydroxylation is 1. The van der Waals surface area contributed by atoms with Crippen molar-refractivity contribution in [3.05, 3.63) is 96.7 Å². The summed E-state index contributed by atoms with van der Waals surface area (Å²) in [6.07, 6.45) is 5.25. The van der Waals surface area contributed by atoms with Crippen LogP contribution in [0, 0.1) is 11.8 Å². The quantitative estimate of drug-likeness (QED) is 0.419. The number of fused-ring (bicyclic) bond motifs is 1. The molecule has 0 radical (unpaired) electrons. The molecular weight excluding hydrogens is 370 g/mol. The number of hydrogen-bond donors (Lipinski definition) is 0. The first-order valence-electron chi connectivity index (χ1n) is 9.54. The summed E-state index contributed by atoms with van der Waals surface area (Å²) in [5.41, 5.74) is 6.35. The third-order valence-electron chi connectivity index (χ3n) is 4.78. The van der Waals surface area contributed by atoms with Crippen LogP contribution >= 0.6 is 0 Å². The summed E-state index contributed by atoms with van der Waals surface area (Å²) in [6, 6.07) is 22.0. The molecule has 0 amide bonds. The van der Waals surface area contributed by atoms with Crippen LogP contribution in [-0.4, -0.2) is 24.7 Å². The van der Waals surface area contributed by atoms with Crippen LogP contribution in [0.15, 0.2) is 85.5 Å². The molecule has 3 heterocycles. The van der Waals surface area contributed by atoms with Crippen molar-refractivity contribution in [3.63, 3.8) is 0 Å². The van der Waals surface area contributed by atoms with Crippen LogP contribution in [0.25, 0.3) is 33.4 Å². The molecule has 142 valence electrons. The summed E-state index contributed by atoms with van der Waals surface area (Å²) >= 11 is 0. The number of benzene rings is 2. The predicted molar refractivity (Wildman–Crippen MR) is 117 cm³/mol. The molecule has 5 aromatic rings. The molecule has 5 heteroatoms. The van der Waals surface area contributed by atoms with Gasteiger partial charge in [-0.05, 0) is 36.3 Å². The molecule has 0 unspecified atom stereocenters. The number of nitrogens with zero attached hydrogens (tertiary/aromatic N) is 5. The van der Waals surface area contributed by atoms with Gasteiger partial charge in [-0.25, -0.2) is 15.0 Å². The zero-order chi connectivity index (χ0) is 20.3. The van der Waals surface area contributed by atoms with Crippen molar-refractivity contribution in [2.45, 2.75) is 0 Å². The molecule has 0 bridgehead atoms. The van der Waals surface area contributed by atoms with Gasteiger partial charge < -0.3 is 0 Å². The summed E-state index contributed by atoms with van der Waals surface area (Å²) in [4.78, 5) is 13.0. The van der Waals surface area contributed by atoms with E-state index >= 15 is 0 Å². The van der Waals surface area contributed by atoms with E-state index in [9.17, 15) is 0 Å². The van der Waals surface area contributed by atoms with E-state index in [1.807, 2.05) is 80.0 Å². The van der Waals surface area contributed by atoms with Gasteiger partial charge in [0.2, 0.25) is 0 Å². The first kappa shape index (κ1) is 17.8. The van der Waals surface area contributed by atoms with E-state index in [1.165, 1.54) is 0 Å². The van der Waals surface area contributed by atoms with Gasteiger partial charge in [0.15, 0.2) is 0 Å². The minimum absolute atomic E-state index is 0.758. The monoisotopic (exact) mass is 387 g/mol. The zero-order valence-electron chi connectivity index (χ0n) is 16.3. The molecule has 5 rings (SSSR count).